The number of hydrogen-bond acceptors (Lipinski definition) is 3. The van der Waals surface area contributed by atoms with Gasteiger partial charge >= 0.3 is 0 Å². The lowest BCUT2D eigenvalue weighted by atomic mass is 10.1. The van der Waals surface area contributed by atoms with E-state index in [1.54, 1.807) is 30.3 Å². The van der Waals surface area contributed by atoms with Crippen LogP contribution in [-0.4, -0.2) is 19.1 Å². The van der Waals surface area contributed by atoms with Crippen LogP contribution in [0.2, 0.25) is 0 Å². The second-order valence-corrected chi connectivity index (χ2v) is 5.95. The molecule has 1 N–H and O–H groups in total. The molecule has 0 aliphatic rings. The van der Waals surface area contributed by atoms with Crippen LogP contribution in [0.3, 0.4) is 0 Å². The van der Waals surface area contributed by atoms with Gasteiger partial charge in [-0.25, -0.2) is 0 Å². The molecule has 0 atom stereocenters. The monoisotopic (exact) mass is 389 g/mol. The predicted octanol–water partition coefficient (Wildman–Crippen LogP) is 5.06. The van der Waals surface area contributed by atoms with Crippen molar-refractivity contribution in [1.82, 2.24) is 0 Å². The number of nitrogens with one attached hydrogen (secondary N) is 1. The van der Waals surface area contributed by atoms with Crippen molar-refractivity contribution in [2.24, 2.45) is 0 Å². The summed E-state index contributed by atoms with van der Waals surface area (Å²) in [6.45, 7) is 6.58. The molecule has 0 aromatic heterocycles. The van der Waals surface area contributed by atoms with Crippen LogP contribution < -0.4 is 14.8 Å². The maximum Gasteiger partial charge on any atom is 0.259 e. The molecular weight excluding hydrogens is 370 g/mol. The summed E-state index contributed by atoms with van der Waals surface area (Å²) in [4.78, 5) is 12.7. The number of anilines is 1. The Morgan fingerprint density at radius 3 is 2.75 bits per heavy atom. The van der Waals surface area contributed by atoms with E-state index in [1.807, 2.05) is 25.1 Å². The van der Waals surface area contributed by atoms with Gasteiger partial charge < -0.3 is 14.8 Å². The van der Waals surface area contributed by atoms with E-state index < -0.39 is 0 Å². The molecule has 4 nitrogen and oxygen atoms in total. The Bertz CT molecular complexity index is 716. The van der Waals surface area contributed by atoms with E-state index in [1.165, 1.54) is 0 Å². The molecule has 2 rings (SSSR count). The molecule has 1 amide bonds. The van der Waals surface area contributed by atoms with Crippen LogP contribution in [0.25, 0.3) is 0 Å². The first-order valence-corrected chi connectivity index (χ1v) is 8.51. The number of carbonyl (C=O) groups excluding carboxylic acids is 1. The Balaban J connectivity index is 2.24. The van der Waals surface area contributed by atoms with E-state index in [4.69, 9.17) is 9.47 Å². The van der Waals surface area contributed by atoms with E-state index in [0.717, 1.165) is 10.9 Å². The molecule has 0 aliphatic carbocycles. The van der Waals surface area contributed by atoms with Crippen molar-refractivity contribution in [2.75, 3.05) is 18.5 Å². The highest BCUT2D eigenvalue weighted by Crippen LogP contribution is 2.28. The van der Waals surface area contributed by atoms with E-state index in [0.29, 0.717) is 36.0 Å². The number of carbonyl (C=O) groups is 1. The van der Waals surface area contributed by atoms with E-state index >= 15 is 0 Å². The van der Waals surface area contributed by atoms with Gasteiger partial charge in [0.15, 0.2) is 0 Å². The lowest BCUT2D eigenvalue weighted by Crippen LogP contribution is -2.15. The van der Waals surface area contributed by atoms with Gasteiger partial charge in [0, 0.05) is 4.47 Å². The minimum absolute atomic E-state index is 0.253. The standard InChI is InChI=1S/C19H20BrNO3/c1-3-11-23-17-10-9-14(20)13-15(17)19(22)21-16-7-5-6-8-18(16)24-12-4-2/h4-10,13H,2-3,11-12H2,1H3,(H,21,22). The van der Waals surface area contributed by atoms with Gasteiger partial charge in [0.05, 0.1) is 17.9 Å². The smallest absolute Gasteiger partial charge is 0.259 e. The molecule has 0 saturated carbocycles. The van der Waals surface area contributed by atoms with Crippen molar-refractivity contribution in [3.8, 4) is 11.5 Å². The minimum Gasteiger partial charge on any atom is -0.493 e. The summed E-state index contributed by atoms with van der Waals surface area (Å²) in [5.74, 6) is 0.899. The Labute approximate surface area is 150 Å². The van der Waals surface area contributed by atoms with Gasteiger partial charge in [0.25, 0.3) is 5.91 Å². The SMILES string of the molecule is C=CCOc1ccccc1NC(=O)c1cc(Br)ccc1OCCC. The molecule has 0 heterocycles. The van der Waals surface area contributed by atoms with Crippen LogP contribution in [0.5, 0.6) is 11.5 Å². The lowest BCUT2D eigenvalue weighted by molar-refractivity contribution is 0.102. The Hall–Kier alpha value is -2.27. The largest absolute Gasteiger partial charge is 0.493 e. The van der Waals surface area contributed by atoms with Gasteiger partial charge in [-0.05, 0) is 36.8 Å². The number of benzene rings is 2. The number of hydrogen-bond donors (Lipinski definition) is 1. The first-order valence-electron chi connectivity index (χ1n) is 7.72. The summed E-state index contributed by atoms with van der Waals surface area (Å²) < 4.78 is 12.1. The van der Waals surface area contributed by atoms with Gasteiger partial charge in [-0.2, -0.15) is 0 Å². The van der Waals surface area contributed by atoms with Crippen LogP contribution >= 0.6 is 15.9 Å². The Morgan fingerprint density at radius 2 is 2.00 bits per heavy atom. The third-order valence-corrected chi connectivity index (χ3v) is 3.63. The molecule has 5 heteroatoms. The Kier molecular flexibility index (Phi) is 6.88. The molecule has 0 unspecified atom stereocenters. The number of halogens is 1. The molecule has 126 valence electrons. The van der Waals surface area contributed by atoms with Crippen molar-refractivity contribution < 1.29 is 14.3 Å². The molecule has 0 aliphatic heterocycles. The number of rotatable bonds is 8. The van der Waals surface area contributed by atoms with E-state index in [-0.39, 0.29) is 5.91 Å². The van der Waals surface area contributed by atoms with Crippen molar-refractivity contribution in [3.05, 3.63) is 65.2 Å². The highest BCUT2D eigenvalue weighted by Gasteiger charge is 2.15. The molecule has 0 bridgehead atoms. The number of para-hydroxylation sites is 2. The normalized spacial score (nSPS) is 10.1. The molecule has 0 spiro atoms. The number of ether oxygens (including phenoxy) is 2. The second kappa shape index (κ2) is 9.13. The molecule has 0 fully saturated rings. The summed E-state index contributed by atoms with van der Waals surface area (Å²) in [5, 5.41) is 2.88. The molecule has 24 heavy (non-hydrogen) atoms. The highest BCUT2D eigenvalue weighted by atomic mass is 79.9. The van der Waals surface area contributed by atoms with E-state index in [2.05, 4.69) is 27.8 Å². The number of amides is 1. The van der Waals surface area contributed by atoms with Crippen LogP contribution in [0.1, 0.15) is 23.7 Å². The van der Waals surface area contributed by atoms with Gasteiger partial charge in [-0.3, -0.25) is 4.79 Å². The van der Waals surface area contributed by atoms with Crippen LogP contribution in [-0.2, 0) is 0 Å². The van der Waals surface area contributed by atoms with Gasteiger partial charge in [-0.15, -0.1) is 0 Å². The highest BCUT2D eigenvalue weighted by molar-refractivity contribution is 9.10. The van der Waals surface area contributed by atoms with Gasteiger partial charge in [0.2, 0.25) is 0 Å². The van der Waals surface area contributed by atoms with Crippen molar-refractivity contribution >= 4 is 27.5 Å². The Morgan fingerprint density at radius 1 is 1.21 bits per heavy atom. The van der Waals surface area contributed by atoms with Crippen LogP contribution in [0.15, 0.2) is 59.6 Å². The van der Waals surface area contributed by atoms with Crippen LogP contribution in [0, 0.1) is 0 Å². The first kappa shape index (κ1) is 18.1. The summed E-state index contributed by atoms with van der Waals surface area (Å²) in [6.07, 6.45) is 2.53. The molecule has 0 saturated heterocycles. The third kappa shape index (κ3) is 4.86. The molecule has 0 radical (unpaired) electrons. The zero-order valence-electron chi connectivity index (χ0n) is 13.5. The fourth-order valence-corrected chi connectivity index (χ4v) is 2.41. The second-order valence-electron chi connectivity index (χ2n) is 5.04. The third-order valence-electron chi connectivity index (χ3n) is 3.14. The quantitative estimate of drug-likeness (QED) is 0.642. The van der Waals surface area contributed by atoms with Crippen LogP contribution in [0.4, 0.5) is 5.69 Å². The maximum atomic E-state index is 12.7. The molecule has 2 aromatic carbocycles. The minimum atomic E-state index is -0.253. The van der Waals surface area contributed by atoms with E-state index in [9.17, 15) is 4.79 Å². The molecule has 2 aromatic rings. The first-order chi connectivity index (χ1) is 11.7. The average molecular weight is 390 g/mol. The fourth-order valence-electron chi connectivity index (χ4n) is 2.05. The lowest BCUT2D eigenvalue weighted by Gasteiger charge is -2.14. The topological polar surface area (TPSA) is 47.6 Å². The van der Waals surface area contributed by atoms with Crippen molar-refractivity contribution in [2.45, 2.75) is 13.3 Å². The fraction of sp³-hybridized carbons (Fsp3) is 0.211. The predicted molar refractivity (Wildman–Crippen MR) is 100 cm³/mol. The van der Waals surface area contributed by atoms with Crippen molar-refractivity contribution in [3.63, 3.8) is 0 Å². The summed E-state index contributed by atoms with van der Waals surface area (Å²) >= 11 is 3.40. The summed E-state index contributed by atoms with van der Waals surface area (Å²) in [6, 6.07) is 12.7. The summed E-state index contributed by atoms with van der Waals surface area (Å²) in [5.41, 5.74) is 1.07. The van der Waals surface area contributed by atoms with Gasteiger partial charge in [0.1, 0.15) is 18.1 Å². The zero-order chi connectivity index (χ0) is 17.4. The summed E-state index contributed by atoms with van der Waals surface area (Å²) in [7, 11) is 0. The van der Waals surface area contributed by atoms with Gasteiger partial charge in [-0.1, -0.05) is 47.6 Å². The molecular formula is C19H20BrNO3. The maximum absolute atomic E-state index is 12.7. The average Bonchev–Trinajstić information content (AvgIpc) is 2.59. The zero-order valence-corrected chi connectivity index (χ0v) is 15.1. The van der Waals surface area contributed by atoms with Crippen molar-refractivity contribution in [1.29, 1.82) is 0 Å².